The Balaban J connectivity index is 1.85. The van der Waals surface area contributed by atoms with E-state index >= 15 is 0 Å². The molecule has 1 spiro atoms. The molecule has 0 radical (unpaired) electrons. The lowest BCUT2D eigenvalue weighted by atomic mass is 9.81. The van der Waals surface area contributed by atoms with Crippen LogP contribution in [0.1, 0.15) is 29.6 Å². The van der Waals surface area contributed by atoms with Gasteiger partial charge in [-0.1, -0.05) is 15.9 Å². The largest absolute Gasteiger partial charge is 0.378 e. The Kier molecular flexibility index (Phi) is 4.12. The summed E-state index contributed by atoms with van der Waals surface area (Å²) in [6.07, 6.45) is 1.67. The summed E-state index contributed by atoms with van der Waals surface area (Å²) in [4.78, 5) is 12.5. The second-order valence-corrected chi connectivity index (χ2v) is 6.55. The first-order valence-corrected chi connectivity index (χ1v) is 7.70. The van der Waals surface area contributed by atoms with Gasteiger partial charge >= 0.3 is 0 Å². The van der Waals surface area contributed by atoms with Crippen molar-refractivity contribution in [2.24, 2.45) is 5.92 Å². The summed E-state index contributed by atoms with van der Waals surface area (Å²) in [6, 6.07) is 2.23. The van der Waals surface area contributed by atoms with Crippen LogP contribution in [-0.4, -0.2) is 31.2 Å². The molecule has 0 N–H and O–H groups in total. The highest BCUT2D eigenvalue weighted by Crippen LogP contribution is 2.37. The molecule has 0 saturated carbocycles. The first-order chi connectivity index (χ1) is 10.0. The summed E-state index contributed by atoms with van der Waals surface area (Å²) in [5, 5.41) is 0. The van der Waals surface area contributed by atoms with Crippen LogP contribution in [-0.2, 0) is 9.47 Å². The number of carbonyl (C=O) groups excluding carboxylic acids is 1. The topological polar surface area (TPSA) is 35.5 Å². The number of Topliss-reactive ketones (excluding diaryl/α,β-unsaturated/α-hetero) is 1. The fourth-order valence-electron chi connectivity index (χ4n) is 3.10. The molecule has 0 amide bonds. The van der Waals surface area contributed by atoms with Crippen molar-refractivity contribution in [3.63, 3.8) is 0 Å². The van der Waals surface area contributed by atoms with Crippen molar-refractivity contribution in [1.29, 1.82) is 0 Å². The number of rotatable bonds is 2. The van der Waals surface area contributed by atoms with Gasteiger partial charge in [-0.15, -0.1) is 0 Å². The number of ether oxygens (including phenoxy) is 2. The molecular weight excluding hydrogens is 346 g/mol. The summed E-state index contributed by atoms with van der Waals surface area (Å²) in [6.45, 7) is 1.46. The van der Waals surface area contributed by atoms with Crippen LogP contribution in [0.25, 0.3) is 0 Å². The van der Waals surface area contributed by atoms with Crippen LogP contribution in [0.15, 0.2) is 16.6 Å². The number of halogens is 3. The van der Waals surface area contributed by atoms with Crippen LogP contribution < -0.4 is 0 Å². The highest BCUT2D eigenvalue weighted by atomic mass is 79.9. The zero-order chi connectivity index (χ0) is 15.0. The molecule has 2 fully saturated rings. The summed E-state index contributed by atoms with van der Waals surface area (Å²) in [5.74, 6) is -2.55. The summed E-state index contributed by atoms with van der Waals surface area (Å²) in [7, 11) is 0. The molecule has 3 rings (SSSR count). The molecule has 21 heavy (non-hydrogen) atoms. The van der Waals surface area contributed by atoms with Gasteiger partial charge in [0.15, 0.2) is 5.78 Å². The third-order valence-electron chi connectivity index (χ3n) is 4.18. The Morgan fingerprint density at radius 3 is 2.62 bits per heavy atom. The van der Waals surface area contributed by atoms with Gasteiger partial charge in [0, 0.05) is 30.0 Å². The van der Waals surface area contributed by atoms with Crippen LogP contribution in [0.2, 0.25) is 0 Å². The minimum Gasteiger partial charge on any atom is -0.378 e. The Bertz CT molecular complexity index is 547. The minimum absolute atomic E-state index is 0.279. The Labute approximate surface area is 129 Å². The third kappa shape index (κ3) is 2.89. The van der Waals surface area contributed by atoms with E-state index in [9.17, 15) is 13.6 Å². The lowest BCUT2D eigenvalue weighted by Crippen LogP contribution is -2.42. The fourth-order valence-corrected chi connectivity index (χ4v) is 3.50. The molecule has 2 heterocycles. The maximum atomic E-state index is 13.9. The molecule has 0 bridgehead atoms. The molecule has 6 heteroatoms. The lowest BCUT2D eigenvalue weighted by Gasteiger charge is -2.36. The average Bonchev–Trinajstić information content (AvgIpc) is 2.85. The smallest absolute Gasteiger partial charge is 0.172 e. The van der Waals surface area contributed by atoms with E-state index in [4.69, 9.17) is 9.47 Å². The quantitative estimate of drug-likeness (QED) is 0.757. The third-order valence-corrected chi connectivity index (χ3v) is 4.64. The molecule has 1 aromatic rings. The van der Waals surface area contributed by atoms with Crippen molar-refractivity contribution >= 4 is 21.7 Å². The Morgan fingerprint density at radius 2 is 2.00 bits per heavy atom. The second kappa shape index (κ2) is 5.74. The van der Waals surface area contributed by atoms with Gasteiger partial charge < -0.3 is 9.47 Å². The number of carbonyl (C=O) groups is 1. The van der Waals surface area contributed by atoms with E-state index in [0.717, 1.165) is 18.6 Å². The fraction of sp³-hybridized carbons (Fsp3) is 0.533. The van der Waals surface area contributed by atoms with Crippen molar-refractivity contribution in [2.45, 2.75) is 24.9 Å². The van der Waals surface area contributed by atoms with Crippen LogP contribution in [0.3, 0.4) is 0 Å². The van der Waals surface area contributed by atoms with Crippen LogP contribution in [0, 0.1) is 17.6 Å². The molecule has 0 aliphatic carbocycles. The van der Waals surface area contributed by atoms with Crippen LogP contribution in [0.4, 0.5) is 8.78 Å². The molecule has 2 atom stereocenters. The van der Waals surface area contributed by atoms with E-state index in [1.54, 1.807) is 0 Å². The highest BCUT2D eigenvalue weighted by Gasteiger charge is 2.43. The van der Waals surface area contributed by atoms with Crippen molar-refractivity contribution in [2.75, 3.05) is 19.8 Å². The molecular formula is C15H15BrF2O3. The Hall–Kier alpha value is -0.850. The van der Waals surface area contributed by atoms with Gasteiger partial charge in [-0.05, 0) is 25.0 Å². The average molecular weight is 361 g/mol. The van der Waals surface area contributed by atoms with E-state index in [1.807, 2.05) is 0 Å². The van der Waals surface area contributed by atoms with Crippen molar-refractivity contribution in [1.82, 2.24) is 0 Å². The maximum Gasteiger partial charge on any atom is 0.172 e. The van der Waals surface area contributed by atoms with Crippen molar-refractivity contribution < 1.29 is 23.0 Å². The molecule has 1 aromatic carbocycles. The van der Waals surface area contributed by atoms with Gasteiger partial charge in [-0.3, -0.25) is 4.79 Å². The monoisotopic (exact) mass is 360 g/mol. The standard InChI is InChI=1S/C15H15BrF2O3/c16-10-5-11(17)13(12(18)6-10)14(19)9-1-3-21-15(7-9)2-4-20-8-15/h5-6,9H,1-4,7-8H2. The molecule has 2 aliphatic rings. The second-order valence-electron chi connectivity index (χ2n) is 5.63. The zero-order valence-electron chi connectivity index (χ0n) is 11.3. The van der Waals surface area contributed by atoms with E-state index in [-0.39, 0.29) is 4.47 Å². The minimum atomic E-state index is -0.824. The van der Waals surface area contributed by atoms with Gasteiger partial charge in [-0.25, -0.2) is 8.78 Å². The zero-order valence-corrected chi connectivity index (χ0v) is 12.9. The first kappa shape index (κ1) is 15.1. The molecule has 2 aliphatic heterocycles. The molecule has 0 aromatic heterocycles. The first-order valence-electron chi connectivity index (χ1n) is 6.91. The van der Waals surface area contributed by atoms with Crippen LogP contribution >= 0.6 is 15.9 Å². The van der Waals surface area contributed by atoms with E-state index < -0.39 is 34.5 Å². The van der Waals surface area contributed by atoms with E-state index in [0.29, 0.717) is 32.7 Å². The van der Waals surface area contributed by atoms with Crippen molar-refractivity contribution in [3.8, 4) is 0 Å². The summed E-state index contributed by atoms with van der Waals surface area (Å²) >= 11 is 3.01. The maximum absolute atomic E-state index is 13.9. The molecule has 2 unspecified atom stereocenters. The molecule has 2 saturated heterocycles. The SMILES string of the molecule is O=C(c1c(F)cc(Br)cc1F)C1CCOC2(CCOC2)C1. The van der Waals surface area contributed by atoms with Gasteiger partial charge in [0.25, 0.3) is 0 Å². The Morgan fingerprint density at radius 1 is 1.29 bits per heavy atom. The van der Waals surface area contributed by atoms with Gasteiger partial charge in [0.2, 0.25) is 0 Å². The summed E-state index contributed by atoms with van der Waals surface area (Å²) in [5.41, 5.74) is -0.903. The number of benzene rings is 1. The predicted molar refractivity (Wildman–Crippen MR) is 75.2 cm³/mol. The normalized spacial score (nSPS) is 29.0. The predicted octanol–water partition coefficient (Wildman–Crippen LogP) is 3.50. The number of ketones is 1. The highest BCUT2D eigenvalue weighted by molar-refractivity contribution is 9.10. The molecule has 114 valence electrons. The number of hydrogen-bond acceptors (Lipinski definition) is 3. The van der Waals surface area contributed by atoms with Gasteiger partial charge in [0.05, 0.1) is 17.8 Å². The van der Waals surface area contributed by atoms with E-state index in [2.05, 4.69) is 15.9 Å². The van der Waals surface area contributed by atoms with Gasteiger partial charge in [-0.2, -0.15) is 0 Å². The lowest BCUT2D eigenvalue weighted by molar-refractivity contribution is -0.0921. The summed E-state index contributed by atoms with van der Waals surface area (Å²) < 4.78 is 39.3. The van der Waals surface area contributed by atoms with Gasteiger partial charge in [0.1, 0.15) is 11.6 Å². The van der Waals surface area contributed by atoms with Crippen LogP contribution in [0.5, 0.6) is 0 Å². The molecule has 3 nitrogen and oxygen atoms in total. The number of hydrogen-bond donors (Lipinski definition) is 0. The van der Waals surface area contributed by atoms with E-state index in [1.165, 1.54) is 0 Å². The van der Waals surface area contributed by atoms with Crippen molar-refractivity contribution in [3.05, 3.63) is 33.8 Å².